The van der Waals surface area contributed by atoms with Crippen molar-refractivity contribution >= 4 is 0 Å². The molecule has 0 spiro atoms. The molecular weight excluding hydrogens is 258 g/mol. The molecule has 1 aromatic rings. The van der Waals surface area contributed by atoms with Crippen LogP contribution < -0.4 is 14.8 Å². The molecule has 1 aliphatic rings. The van der Waals surface area contributed by atoms with Crippen LogP contribution in [0.15, 0.2) is 18.2 Å². The zero-order valence-electron chi connectivity index (χ0n) is 12.1. The highest BCUT2D eigenvalue weighted by atomic mass is 16.5. The Bertz CT molecular complexity index is 396. The van der Waals surface area contributed by atoms with E-state index in [0.29, 0.717) is 0 Å². The van der Waals surface area contributed by atoms with E-state index in [4.69, 9.17) is 14.2 Å². The van der Waals surface area contributed by atoms with Crippen molar-refractivity contribution in [1.29, 1.82) is 0 Å². The maximum atomic E-state index is 9.60. The van der Waals surface area contributed by atoms with Crippen LogP contribution in [0, 0.1) is 0 Å². The lowest BCUT2D eigenvalue weighted by atomic mass is 10.1. The minimum atomic E-state index is -0.150. The molecule has 5 nitrogen and oxygen atoms in total. The smallest absolute Gasteiger partial charge is 0.122 e. The van der Waals surface area contributed by atoms with Crippen LogP contribution in [-0.2, 0) is 4.74 Å². The first-order valence-electron chi connectivity index (χ1n) is 6.95. The van der Waals surface area contributed by atoms with Gasteiger partial charge in [-0.05, 0) is 30.5 Å². The van der Waals surface area contributed by atoms with Crippen molar-refractivity contribution in [3.8, 4) is 11.5 Å². The second kappa shape index (κ2) is 7.47. The third-order valence-corrected chi connectivity index (χ3v) is 3.57. The Balaban J connectivity index is 2.05. The predicted octanol–water partition coefficient (Wildman–Crippen LogP) is 1.51. The van der Waals surface area contributed by atoms with Crippen molar-refractivity contribution in [3.63, 3.8) is 0 Å². The molecule has 1 fully saturated rings. The van der Waals surface area contributed by atoms with E-state index in [9.17, 15) is 5.11 Å². The lowest BCUT2D eigenvalue weighted by Gasteiger charge is -2.20. The maximum Gasteiger partial charge on any atom is 0.122 e. The van der Waals surface area contributed by atoms with Crippen LogP contribution in [0.25, 0.3) is 0 Å². The number of nitrogens with one attached hydrogen (secondary N) is 1. The number of ether oxygens (including phenoxy) is 3. The summed E-state index contributed by atoms with van der Waals surface area (Å²) >= 11 is 0. The van der Waals surface area contributed by atoms with Gasteiger partial charge in [-0.15, -0.1) is 0 Å². The van der Waals surface area contributed by atoms with Gasteiger partial charge in [0.25, 0.3) is 0 Å². The largest absolute Gasteiger partial charge is 0.497 e. The van der Waals surface area contributed by atoms with Crippen molar-refractivity contribution in [1.82, 2.24) is 5.32 Å². The second-order valence-corrected chi connectivity index (χ2v) is 4.92. The van der Waals surface area contributed by atoms with Crippen LogP contribution in [0.5, 0.6) is 11.5 Å². The minimum Gasteiger partial charge on any atom is -0.497 e. The summed E-state index contributed by atoms with van der Waals surface area (Å²) in [6, 6.07) is 5.48. The number of benzene rings is 1. The molecule has 2 rings (SSSR count). The number of hydrogen-bond donors (Lipinski definition) is 2. The summed E-state index contributed by atoms with van der Waals surface area (Å²) in [5.74, 6) is 1.44. The van der Waals surface area contributed by atoms with Gasteiger partial charge in [-0.2, -0.15) is 0 Å². The van der Waals surface area contributed by atoms with Crippen LogP contribution in [0.3, 0.4) is 0 Å². The number of hydrogen-bond acceptors (Lipinski definition) is 5. The van der Waals surface area contributed by atoms with Gasteiger partial charge in [0.1, 0.15) is 11.5 Å². The van der Waals surface area contributed by atoms with Crippen molar-refractivity contribution in [2.45, 2.75) is 25.0 Å². The maximum absolute atomic E-state index is 9.60. The van der Waals surface area contributed by atoms with Crippen molar-refractivity contribution in [3.05, 3.63) is 23.8 Å². The minimum absolute atomic E-state index is 0.0169. The van der Waals surface area contributed by atoms with Gasteiger partial charge in [0.15, 0.2) is 0 Å². The molecule has 0 radical (unpaired) electrons. The Labute approximate surface area is 119 Å². The summed E-state index contributed by atoms with van der Waals surface area (Å²) in [6.45, 7) is 1.59. The second-order valence-electron chi connectivity index (χ2n) is 4.92. The first-order chi connectivity index (χ1) is 9.76. The SMILES string of the molecule is COc1cc(OC)cc(C(CO)NCC2CCCO2)c1. The van der Waals surface area contributed by atoms with Crippen LogP contribution in [-0.4, -0.2) is 45.2 Å². The van der Waals surface area contributed by atoms with Gasteiger partial charge in [0.05, 0.1) is 33.0 Å². The van der Waals surface area contributed by atoms with E-state index in [0.717, 1.165) is 43.1 Å². The molecule has 2 unspecified atom stereocenters. The number of aliphatic hydroxyl groups excluding tert-OH is 1. The van der Waals surface area contributed by atoms with Gasteiger partial charge < -0.3 is 24.6 Å². The third-order valence-electron chi connectivity index (χ3n) is 3.57. The van der Waals surface area contributed by atoms with Gasteiger partial charge in [-0.1, -0.05) is 0 Å². The quantitative estimate of drug-likeness (QED) is 0.793. The van der Waals surface area contributed by atoms with Crippen molar-refractivity contribution in [2.75, 3.05) is 34.0 Å². The normalized spacial score (nSPS) is 19.9. The van der Waals surface area contributed by atoms with Crippen LogP contribution in [0.2, 0.25) is 0 Å². The predicted molar refractivity (Wildman–Crippen MR) is 76.3 cm³/mol. The first-order valence-corrected chi connectivity index (χ1v) is 6.95. The fraction of sp³-hybridized carbons (Fsp3) is 0.600. The summed E-state index contributed by atoms with van der Waals surface area (Å²) < 4.78 is 16.1. The fourth-order valence-corrected chi connectivity index (χ4v) is 2.40. The Morgan fingerprint density at radius 1 is 1.30 bits per heavy atom. The molecule has 20 heavy (non-hydrogen) atoms. The zero-order chi connectivity index (χ0) is 14.4. The lowest BCUT2D eigenvalue weighted by Crippen LogP contribution is -2.32. The van der Waals surface area contributed by atoms with E-state index in [2.05, 4.69) is 5.32 Å². The number of methoxy groups -OCH3 is 2. The molecule has 2 N–H and O–H groups in total. The van der Waals surface area contributed by atoms with Gasteiger partial charge in [-0.3, -0.25) is 0 Å². The van der Waals surface area contributed by atoms with E-state index in [1.807, 2.05) is 18.2 Å². The molecule has 2 atom stereocenters. The zero-order valence-corrected chi connectivity index (χ0v) is 12.1. The molecule has 0 aliphatic carbocycles. The molecule has 1 heterocycles. The van der Waals surface area contributed by atoms with Crippen LogP contribution >= 0.6 is 0 Å². The van der Waals surface area contributed by atoms with E-state index in [1.165, 1.54) is 0 Å². The van der Waals surface area contributed by atoms with Gasteiger partial charge in [0, 0.05) is 19.2 Å². The molecule has 1 saturated heterocycles. The lowest BCUT2D eigenvalue weighted by molar-refractivity contribution is 0.104. The average Bonchev–Trinajstić information content (AvgIpc) is 3.00. The monoisotopic (exact) mass is 281 g/mol. The fourth-order valence-electron chi connectivity index (χ4n) is 2.40. The molecule has 112 valence electrons. The van der Waals surface area contributed by atoms with E-state index in [1.54, 1.807) is 14.2 Å². The summed E-state index contributed by atoms with van der Waals surface area (Å²) in [6.07, 6.45) is 2.44. The van der Waals surface area contributed by atoms with E-state index in [-0.39, 0.29) is 18.8 Å². The third kappa shape index (κ3) is 3.85. The molecule has 0 aromatic heterocycles. The number of aliphatic hydroxyl groups is 1. The highest BCUT2D eigenvalue weighted by Gasteiger charge is 2.18. The van der Waals surface area contributed by atoms with E-state index >= 15 is 0 Å². The Kier molecular flexibility index (Phi) is 5.64. The van der Waals surface area contributed by atoms with Crippen LogP contribution in [0.4, 0.5) is 0 Å². The standard InChI is InChI=1S/C15H23NO4/c1-18-13-6-11(7-14(8-13)19-2)15(10-17)16-9-12-4-3-5-20-12/h6-8,12,15-17H,3-5,9-10H2,1-2H3. The molecule has 0 bridgehead atoms. The molecule has 5 heteroatoms. The highest BCUT2D eigenvalue weighted by Crippen LogP contribution is 2.26. The van der Waals surface area contributed by atoms with Gasteiger partial charge in [0.2, 0.25) is 0 Å². The van der Waals surface area contributed by atoms with Gasteiger partial charge >= 0.3 is 0 Å². The number of rotatable bonds is 7. The van der Waals surface area contributed by atoms with Crippen molar-refractivity contribution < 1.29 is 19.3 Å². The molecule has 1 aliphatic heterocycles. The van der Waals surface area contributed by atoms with Crippen molar-refractivity contribution in [2.24, 2.45) is 0 Å². The highest BCUT2D eigenvalue weighted by molar-refractivity contribution is 5.39. The molecule has 1 aromatic carbocycles. The Morgan fingerprint density at radius 2 is 2.00 bits per heavy atom. The molecule has 0 saturated carbocycles. The molecular formula is C15H23NO4. The molecule has 0 amide bonds. The van der Waals surface area contributed by atoms with Crippen LogP contribution in [0.1, 0.15) is 24.4 Å². The topological polar surface area (TPSA) is 60.0 Å². The first kappa shape index (κ1) is 15.1. The summed E-state index contributed by atoms with van der Waals surface area (Å²) in [7, 11) is 3.23. The Hall–Kier alpha value is -1.30. The summed E-state index contributed by atoms with van der Waals surface area (Å²) in [5.41, 5.74) is 0.946. The van der Waals surface area contributed by atoms with E-state index < -0.39 is 0 Å². The average molecular weight is 281 g/mol. The summed E-state index contributed by atoms with van der Waals surface area (Å²) in [5, 5.41) is 12.9. The summed E-state index contributed by atoms with van der Waals surface area (Å²) in [4.78, 5) is 0. The van der Waals surface area contributed by atoms with Gasteiger partial charge in [-0.25, -0.2) is 0 Å². The Morgan fingerprint density at radius 3 is 2.50 bits per heavy atom.